The summed E-state index contributed by atoms with van der Waals surface area (Å²) in [4.78, 5) is 17.4. The van der Waals surface area contributed by atoms with Gasteiger partial charge in [0.15, 0.2) is 16.7 Å². The normalized spacial score (nSPS) is 16.7. The molecule has 0 atom stereocenters. The molecule has 28 heavy (non-hydrogen) atoms. The number of phenols is 1. The molecule has 0 aromatic heterocycles. The second-order valence-electron chi connectivity index (χ2n) is 6.03. The van der Waals surface area contributed by atoms with Crippen molar-refractivity contribution in [2.45, 2.75) is 0 Å². The van der Waals surface area contributed by atoms with Gasteiger partial charge in [-0.2, -0.15) is 0 Å². The van der Waals surface area contributed by atoms with Crippen LogP contribution in [0.3, 0.4) is 0 Å². The Morgan fingerprint density at radius 2 is 1.96 bits per heavy atom. The van der Waals surface area contributed by atoms with Crippen molar-refractivity contribution in [3.8, 4) is 11.5 Å². The van der Waals surface area contributed by atoms with Crippen molar-refractivity contribution in [3.05, 3.63) is 69.5 Å². The van der Waals surface area contributed by atoms with Crippen molar-refractivity contribution in [1.82, 2.24) is 5.32 Å². The number of carbonyl (C=O) groups excluding carboxylic acids is 1. The quantitative estimate of drug-likeness (QED) is 0.532. The summed E-state index contributed by atoms with van der Waals surface area (Å²) in [7, 11) is 1.48. The number of amidine groups is 1. The standard InChI is InChI=1S/C21H15BrN2O3S/c1-27-17-11-14(22)9-13(19(17)25)10-18-20(26)24-21(28-18)23-16-8-4-6-12-5-2-3-7-15(12)16/h2-11,25H,1H3,(H,23,24,26)/b18-10-. The fraction of sp³-hybridized carbons (Fsp3) is 0.0476. The number of rotatable bonds is 3. The summed E-state index contributed by atoms with van der Waals surface area (Å²) in [6, 6.07) is 17.2. The Hall–Kier alpha value is -2.77. The fourth-order valence-electron chi connectivity index (χ4n) is 2.90. The van der Waals surface area contributed by atoms with Crippen molar-refractivity contribution in [2.24, 2.45) is 4.99 Å². The van der Waals surface area contributed by atoms with E-state index in [2.05, 4.69) is 26.2 Å². The lowest BCUT2D eigenvalue weighted by molar-refractivity contribution is -0.115. The molecule has 1 fully saturated rings. The number of halogens is 1. The third kappa shape index (κ3) is 3.63. The molecular formula is C21H15BrN2O3S. The highest BCUT2D eigenvalue weighted by molar-refractivity contribution is 9.10. The lowest BCUT2D eigenvalue weighted by Gasteiger charge is -2.07. The molecule has 0 radical (unpaired) electrons. The highest BCUT2D eigenvalue weighted by atomic mass is 79.9. The number of nitrogens with one attached hydrogen (secondary N) is 1. The Kier molecular flexibility index (Phi) is 5.11. The van der Waals surface area contributed by atoms with E-state index in [4.69, 9.17) is 4.74 Å². The predicted octanol–water partition coefficient (Wildman–Crippen LogP) is 5.21. The van der Waals surface area contributed by atoms with Gasteiger partial charge in [-0.1, -0.05) is 52.3 Å². The molecule has 0 spiro atoms. The first-order chi connectivity index (χ1) is 13.5. The van der Waals surface area contributed by atoms with Gasteiger partial charge < -0.3 is 15.2 Å². The molecule has 3 aromatic rings. The average molecular weight is 455 g/mol. The van der Waals surface area contributed by atoms with Crippen molar-refractivity contribution >= 4 is 61.3 Å². The van der Waals surface area contributed by atoms with Crippen molar-refractivity contribution in [3.63, 3.8) is 0 Å². The summed E-state index contributed by atoms with van der Waals surface area (Å²) in [5.74, 6) is 0.0441. The number of aromatic hydroxyl groups is 1. The Balaban J connectivity index is 1.69. The number of hydrogen-bond acceptors (Lipinski definition) is 5. The fourth-order valence-corrected chi connectivity index (χ4v) is 4.18. The molecule has 0 saturated carbocycles. The maximum Gasteiger partial charge on any atom is 0.264 e. The van der Waals surface area contributed by atoms with Crippen LogP contribution in [0.1, 0.15) is 5.56 Å². The minimum Gasteiger partial charge on any atom is -0.504 e. The molecule has 2 N–H and O–H groups in total. The van der Waals surface area contributed by atoms with Crippen LogP contribution in [0.4, 0.5) is 5.69 Å². The summed E-state index contributed by atoms with van der Waals surface area (Å²) in [5.41, 5.74) is 1.27. The minimum absolute atomic E-state index is 0.0222. The van der Waals surface area contributed by atoms with Crippen molar-refractivity contribution in [2.75, 3.05) is 7.11 Å². The summed E-state index contributed by atoms with van der Waals surface area (Å²) in [6.45, 7) is 0. The van der Waals surface area contributed by atoms with Crippen LogP contribution in [0.25, 0.3) is 16.8 Å². The van der Waals surface area contributed by atoms with Crippen molar-refractivity contribution in [1.29, 1.82) is 0 Å². The van der Waals surface area contributed by atoms with Crippen LogP contribution in [0.2, 0.25) is 0 Å². The number of benzene rings is 3. The zero-order valence-electron chi connectivity index (χ0n) is 14.8. The van der Waals surface area contributed by atoms with E-state index >= 15 is 0 Å². The molecule has 1 heterocycles. The lowest BCUT2D eigenvalue weighted by Crippen LogP contribution is -2.19. The molecule has 3 aromatic carbocycles. The van der Waals surface area contributed by atoms with Gasteiger partial charge in [0, 0.05) is 15.4 Å². The lowest BCUT2D eigenvalue weighted by atomic mass is 10.1. The smallest absolute Gasteiger partial charge is 0.264 e. The van der Waals surface area contributed by atoms with E-state index in [-0.39, 0.29) is 11.7 Å². The first kappa shape index (κ1) is 18.6. The number of aliphatic imine (C=N–C) groups is 1. The first-order valence-corrected chi connectivity index (χ1v) is 10.00. The van der Waals surface area contributed by atoms with Crippen molar-refractivity contribution < 1.29 is 14.6 Å². The van der Waals surface area contributed by atoms with Gasteiger partial charge in [-0.15, -0.1) is 0 Å². The van der Waals surface area contributed by atoms with Crippen LogP contribution in [0.15, 0.2) is 69.0 Å². The number of ether oxygens (including phenoxy) is 1. The number of fused-ring (bicyclic) bond motifs is 1. The number of carbonyl (C=O) groups is 1. The molecule has 140 valence electrons. The van der Waals surface area contributed by atoms with E-state index < -0.39 is 0 Å². The highest BCUT2D eigenvalue weighted by Gasteiger charge is 2.25. The molecule has 1 aliphatic heterocycles. The van der Waals surface area contributed by atoms with Gasteiger partial charge in [0.2, 0.25) is 0 Å². The van der Waals surface area contributed by atoms with E-state index in [0.717, 1.165) is 20.9 Å². The van der Waals surface area contributed by atoms with Crippen LogP contribution in [-0.4, -0.2) is 23.3 Å². The number of nitrogens with zero attached hydrogens (tertiary/aromatic N) is 1. The largest absolute Gasteiger partial charge is 0.504 e. The Labute approximate surface area is 174 Å². The SMILES string of the molecule is COc1cc(Br)cc(/C=C2\SC(=Nc3cccc4ccccc34)NC2=O)c1O. The zero-order valence-corrected chi connectivity index (χ0v) is 17.2. The van der Waals surface area contributed by atoms with Gasteiger partial charge in [0.05, 0.1) is 17.7 Å². The van der Waals surface area contributed by atoms with E-state index in [1.165, 1.54) is 18.9 Å². The molecule has 4 rings (SSSR count). The number of amides is 1. The summed E-state index contributed by atoms with van der Waals surface area (Å²) in [5, 5.41) is 15.7. The number of hydrogen-bond donors (Lipinski definition) is 2. The molecule has 5 nitrogen and oxygen atoms in total. The van der Waals surface area contributed by atoms with Gasteiger partial charge in [-0.3, -0.25) is 4.79 Å². The molecule has 0 unspecified atom stereocenters. The average Bonchev–Trinajstić information content (AvgIpc) is 3.03. The Bertz CT molecular complexity index is 1150. The van der Waals surface area contributed by atoms with Gasteiger partial charge in [-0.25, -0.2) is 4.99 Å². The number of phenolic OH excluding ortho intramolecular Hbond substituents is 1. The van der Waals surface area contributed by atoms with Crippen LogP contribution in [0, 0.1) is 0 Å². The van der Waals surface area contributed by atoms with Crippen LogP contribution in [-0.2, 0) is 4.79 Å². The molecule has 7 heteroatoms. The van der Waals surface area contributed by atoms with Gasteiger partial charge >= 0.3 is 0 Å². The molecule has 1 aliphatic rings. The van der Waals surface area contributed by atoms with Crippen LogP contribution < -0.4 is 10.1 Å². The second-order valence-corrected chi connectivity index (χ2v) is 7.97. The molecule has 1 saturated heterocycles. The van der Waals surface area contributed by atoms with E-state index in [0.29, 0.717) is 21.4 Å². The molecule has 1 amide bonds. The van der Waals surface area contributed by atoms with E-state index in [9.17, 15) is 9.90 Å². The van der Waals surface area contributed by atoms with Gasteiger partial charge in [0.25, 0.3) is 5.91 Å². The van der Waals surface area contributed by atoms with Crippen LogP contribution >= 0.6 is 27.7 Å². The zero-order chi connectivity index (χ0) is 19.7. The summed E-state index contributed by atoms with van der Waals surface area (Å²) in [6.07, 6.45) is 1.62. The maximum absolute atomic E-state index is 12.4. The maximum atomic E-state index is 12.4. The predicted molar refractivity (Wildman–Crippen MR) is 117 cm³/mol. The third-order valence-corrected chi connectivity index (χ3v) is 5.58. The van der Waals surface area contributed by atoms with Gasteiger partial charge in [-0.05, 0) is 41.4 Å². The first-order valence-electron chi connectivity index (χ1n) is 8.39. The van der Waals surface area contributed by atoms with E-state index in [1.807, 2.05) is 42.5 Å². The molecule has 0 aliphatic carbocycles. The highest BCUT2D eigenvalue weighted by Crippen LogP contribution is 2.37. The monoisotopic (exact) mass is 454 g/mol. The Morgan fingerprint density at radius 1 is 1.18 bits per heavy atom. The van der Waals surface area contributed by atoms with Crippen LogP contribution in [0.5, 0.6) is 11.5 Å². The molecule has 0 bridgehead atoms. The third-order valence-electron chi connectivity index (χ3n) is 4.22. The number of thioether (sulfide) groups is 1. The Morgan fingerprint density at radius 3 is 2.79 bits per heavy atom. The second kappa shape index (κ2) is 7.69. The topological polar surface area (TPSA) is 70.9 Å². The number of methoxy groups -OCH3 is 1. The summed E-state index contributed by atoms with van der Waals surface area (Å²) < 4.78 is 5.90. The minimum atomic E-state index is -0.262. The van der Waals surface area contributed by atoms with E-state index in [1.54, 1.807) is 18.2 Å². The summed E-state index contributed by atoms with van der Waals surface area (Å²) >= 11 is 4.61. The van der Waals surface area contributed by atoms with Gasteiger partial charge in [0.1, 0.15) is 0 Å². The molecular weight excluding hydrogens is 440 g/mol.